The number of nitrogens with zero attached hydrogens (tertiary/aromatic N) is 5. The molecular weight excluding hydrogens is 520 g/mol. The molecule has 12 heteroatoms. The van der Waals surface area contributed by atoms with Crippen LogP contribution in [0.5, 0.6) is 0 Å². The molecule has 0 radical (unpaired) electrons. The van der Waals surface area contributed by atoms with Gasteiger partial charge >= 0.3 is 0 Å². The van der Waals surface area contributed by atoms with Crippen LogP contribution in [0.15, 0.2) is 40.9 Å². The minimum Gasteiger partial charge on any atom is -0.440 e. The maximum absolute atomic E-state index is 13.2. The number of nitrogens with one attached hydrogen (secondary N) is 1. The maximum Gasteiger partial charge on any atom is 0.268 e. The van der Waals surface area contributed by atoms with Crippen LogP contribution < -0.4 is 10.2 Å². The second-order valence-electron chi connectivity index (χ2n) is 10.2. The minimum absolute atomic E-state index is 0.0313. The summed E-state index contributed by atoms with van der Waals surface area (Å²) in [6.45, 7) is 8.38. The van der Waals surface area contributed by atoms with Crippen LogP contribution in [0.1, 0.15) is 29.4 Å². The van der Waals surface area contributed by atoms with Crippen LogP contribution >= 0.6 is 11.3 Å². The molecule has 0 saturated carbocycles. The van der Waals surface area contributed by atoms with Crippen molar-refractivity contribution in [2.75, 3.05) is 50.1 Å². The van der Waals surface area contributed by atoms with Crippen molar-refractivity contribution in [2.45, 2.75) is 32.9 Å². The van der Waals surface area contributed by atoms with E-state index in [0.717, 1.165) is 23.5 Å². The van der Waals surface area contributed by atoms with Crippen LogP contribution in [0.4, 0.5) is 11.6 Å². The molecule has 2 N–H and O–H groups in total. The normalized spacial score (nSPS) is 14.6. The smallest absolute Gasteiger partial charge is 0.268 e. The predicted molar refractivity (Wildman–Crippen MR) is 149 cm³/mol. The Hall–Kier alpha value is -3.58. The number of morpholine rings is 1. The van der Waals surface area contributed by atoms with Crippen LogP contribution in [0.2, 0.25) is 0 Å². The first-order valence-electron chi connectivity index (χ1n) is 12.7. The number of ether oxygens (including phenoxy) is 1. The van der Waals surface area contributed by atoms with Crippen LogP contribution in [0.25, 0.3) is 21.7 Å². The first kappa shape index (κ1) is 27.0. The number of aromatic nitrogens is 3. The zero-order valence-corrected chi connectivity index (χ0v) is 23.2. The summed E-state index contributed by atoms with van der Waals surface area (Å²) in [7, 11) is 1.74. The van der Waals surface area contributed by atoms with Crippen LogP contribution in [-0.2, 0) is 16.1 Å². The zero-order chi connectivity index (χ0) is 27.7. The minimum atomic E-state index is -1.06. The molecule has 0 unspecified atom stereocenters. The molecule has 1 aromatic carbocycles. The Morgan fingerprint density at radius 1 is 1.21 bits per heavy atom. The van der Waals surface area contributed by atoms with E-state index in [1.54, 1.807) is 49.5 Å². The summed E-state index contributed by atoms with van der Waals surface area (Å²) < 4.78 is 12.7. The summed E-state index contributed by atoms with van der Waals surface area (Å²) in [6, 6.07) is 9.06. The number of aryl methyl sites for hydroxylation is 1. The van der Waals surface area contributed by atoms with Crippen molar-refractivity contribution in [3.63, 3.8) is 0 Å². The Labute approximate surface area is 230 Å². The topological polar surface area (TPSA) is 126 Å². The lowest BCUT2D eigenvalue weighted by Crippen LogP contribution is -2.43. The van der Waals surface area contributed by atoms with E-state index in [9.17, 15) is 14.7 Å². The lowest BCUT2D eigenvalue weighted by molar-refractivity contribution is -0.120. The van der Waals surface area contributed by atoms with E-state index in [2.05, 4.69) is 20.2 Å². The van der Waals surface area contributed by atoms with Gasteiger partial charge in [-0.05, 0) is 44.2 Å². The van der Waals surface area contributed by atoms with Gasteiger partial charge in [0.25, 0.3) is 5.91 Å². The number of thiophene rings is 1. The third-order valence-corrected chi connectivity index (χ3v) is 7.52. The van der Waals surface area contributed by atoms with Gasteiger partial charge in [-0.3, -0.25) is 19.8 Å². The molecule has 2 amide bonds. The van der Waals surface area contributed by atoms with Gasteiger partial charge in [0.2, 0.25) is 11.9 Å². The molecule has 3 aromatic heterocycles. The maximum atomic E-state index is 13.2. The number of benzene rings is 1. The van der Waals surface area contributed by atoms with Crippen molar-refractivity contribution in [2.24, 2.45) is 0 Å². The summed E-state index contributed by atoms with van der Waals surface area (Å²) in [5.41, 5.74) is 0.963. The van der Waals surface area contributed by atoms with Gasteiger partial charge in [0.1, 0.15) is 0 Å². The second kappa shape index (κ2) is 10.9. The first-order valence-corrected chi connectivity index (χ1v) is 13.5. The molecule has 11 nitrogen and oxygen atoms in total. The monoisotopic (exact) mass is 552 g/mol. The van der Waals surface area contributed by atoms with E-state index in [1.165, 1.54) is 11.3 Å². The molecule has 1 saturated heterocycles. The van der Waals surface area contributed by atoms with E-state index < -0.39 is 5.60 Å². The highest BCUT2D eigenvalue weighted by Crippen LogP contribution is 2.30. The van der Waals surface area contributed by atoms with Gasteiger partial charge in [-0.1, -0.05) is 0 Å². The highest BCUT2D eigenvalue weighted by Gasteiger charge is 2.23. The Balaban J connectivity index is 1.39. The van der Waals surface area contributed by atoms with E-state index in [1.807, 2.05) is 24.3 Å². The number of likely N-dealkylation sites (N-methyl/N-ethyl adjacent to an activating group) is 1. The number of carbonyl (C=O) groups excluding carboxylic acids is 2. The molecule has 5 rings (SSSR count). The number of rotatable bonds is 8. The number of aliphatic hydroxyl groups is 1. The summed E-state index contributed by atoms with van der Waals surface area (Å²) in [4.78, 5) is 39.9. The highest BCUT2D eigenvalue weighted by molar-refractivity contribution is 7.17. The predicted octanol–water partition coefficient (Wildman–Crippen LogP) is 3.38. The Kier molecular flexibility index (Phi) is 7.54. The van der Waals surface area contributed by atoms with Gasteiger partial charge in [0.15, 0.2) is 11.7 Å². The molecule has 39 heavy (non-hydrogen) atoms. The number of hydrogen-bond donors (Lipinski definition) is 2. The van der Waals surface area contributed by atoms with E-state index >= 15 is 0 Å². The fourth-order valence-corrected chi connectivity index (χ4v) is 5.25. The second-order valence-corrected chi connectivity index (χ2v) is 11.3. The van der Waals surface area contributed by atoms with Crippen molar-refractivity contribution < 1.29 is 23.8 Å². The summed E-state index contributed by atoms with van der Waals surface area (Å²) in [5.74, 6) is 1.11. The third-order valence-electron chi connectivity index (χ3n) is 6.42. The van der Waals surface area contributed by atoms with Crippen LogP contribution in [-0.4, -0.2) is 81.9 Å². The number of amides is 2. The number of oxazole rings is 1. The van der Waals surface area contributed by atoms with Gasteiger partial charge in [0, 0.05) is 32.7 Å². The lowest BCUT2D eigenvalue weighted by Gasteiger charge is -2.28. The SMILES string of the molecule is Cc1ncc(-c2ccc(C(=O)Nc3nc4cc(N(C)C(=O)CN5CCOCC5)ccc4n3CC(C)(C)O)s2)o1. The first-order chi connectivity index (χ1) is 18.6. The summed E-state index contributed by atoms with van der Waals surface area (Å²) in [6.07, 6.45) is 1.63. The highest BCUT2D eigenvalue weighted by atomic mass is 32.1. The average Bonchev–Trinajstić information content (AvgIpc) is 3.62. The molecule has 4 aromatic rings. The third kappa shape index (κ3) is 6.19. The van der Waals surface area contributed by atoms with Gasteiger partial charge in [0.05, 0.1) is 58.9 Å². The largest absolute Gasteiger partial charge is 0.440 e. The fourth-order valence-electron chi connectivity index (χ4n) is 4.40. The van der Waals surface area contributed by atoms with Gasteiger partial charge in [-0.25, -0.2) is 9.97 Å². The van der Waals surface area contributed by atoms with E-state index in [4.69, 9.17) is 9.15 Å². The molecule has 206 valence electrons. The van der Waals surface area contributed by atoms with E-state index in [0.29, 0.717) is 53.4 Å². The van der Waals surface area contributed by atoms with Crippen molar-refractivity contribution in [3.05, 3.63) is 47.3 Å². The van der Waals surface area contributed by atoms with Crippen LogP contribution in [0, 0.1) is 6.92 Å². The Morgan fingerprint density at radius 3 is 2.67 bits per heavy atom. The number of anilines is 2. The summed E-state index contributed by atoms with van der Waals surface area (Å²) >= 11 is 1.29. The standard InChI is InChI=1S/C27H32N6O5S/c1-17-28-14-21(38-17)22-7-8-23(39-22)25(35)30-26-29-19-13-18(5-6-20(19)33(26)16-27(2,3)36)31(4)24(34)15-32-9-11-37-12-10-32/h5-8,13-14,36H,9-12,15-16H2,1-4H3,(H,29,30,35). The molecule has 0 spiro atoms. The van der Waals surface area contributed by atoms with Crippen LogP contribution in [0.3, 0.4) is 0 Å². The zero-order valence-electron chi connectivity index (χ0n) is 22.4. The Bertz CT molecular complexity index is 1490. The number of carbonyl (C=O) groups is 2. The fraction of sp³-hybridized carbons (Fsp3) is 0.407. The molecule has 1 aliphatic rings. The molecular formula is C27H32N6O5S. The van der Waals surface area contributed by atoms with E-state index in [-0.39, 0.29) is 18.4 Å². The number of imidazole rings is 1. The van der Waals surface area contributed by atoms with Crippen molar-refractivity contribution in [1.29, 1.82) is 0 Å². The van der Waals surface area contributed by atoms with Gasteiger partial charge in [-0.2, -0.15) is 0 Å². The Morgan fingerprint density at radius 2 is 1.97 bits per heavy atom. The lowest BCUT2D eigenvalue weighted by atomic mass is 10.1. The van der Waals surface area contributed by atoms with Crippen molar-refractivity contribution in [3.8, 4) is 10.6 Å². The van der Waals surface area contributed by atoms with Crippen molar-refractivity contribution >= 4 is 45.8 Å². The molecule has 4 heterocycles. The number of fused-ring (bicyclic) bond motifs is 1. The number of hydrogen-bond acceptors (Lipinski definition) is 9. The van der Waals surface area contributed by atoms with Crippen molar-refractivity contribution in [1.82, 2.24) is 19.4 Å². The molecule has 1 aliphatic heterocycles. The van der Waals surface area contributed by atoms with Gasteiger partial charge in [-0.15, -0.1) is 11.3 Å². The molecule has 0 atom stereocenters. The summed E-state index contributed by atoms with van der Waals surface area (Å²) in [5, 5.41) is 13.5. The molecule has 1 fully saturated rings. The quantitative estimate of drug-likeness (QED) is 0.341. The molecule has 0 aliphatic carbocycles. The van der Waals surface area contributed by atoms with Gasteiger partial charge < -0.3 is 23.7 Å². The average molecular weight is 553 g/mol. The molecule has 0 bridgehead atoms.